The summed E-state index contributed by atoms with van der Waals surface area (Å²) in [5, 5.41) is 0.740. The average molecular weight is 407 g/mol. The van der Waals surface area contributed by atoms with Gasteiger partial charge in [0.25, 0.3) is 0 Å². The second kappa shape index (κ2) is 5.98. The largest absolute Gasteiger partial charge is 0.454 e. The molecule has 6 rings (SSSR count). The quantitative estimate of drug-likeness (QED) is 0.672. The summed E-state index contributed by atoms with van der Waals surface area (Å²) in [5.74, 6) is 0.670. The number of nitrogens with zero attached hydrogens (tertiary/aromatic N) is 2. The third-order valence-electron chi connectivity index (χ3n) is 6.22. The lowest BCUT2D eigenvalue weighted by Crippen LogP contribution is -2.62. The number of H-pyrrole nitrogens is 1. The first-order valence-electron chi connectivity index (χ1n) is 9.77. The van der Waals surface area contributed by atoms with Crippen molar-refractivity contribution in [3.05, 3.63) is 59.0 Å². The fraction of sp³-hybridized carbons (Fsp3) is 0.273. The number of nitrogens with one attached hydrogen (secondary N) is 1. The maximum absolute atomic E-state index is 14.0. The highest BCUT2D eigenvalue weighted by molar-refractivity contribution is 5.97. The molecule has 4 heterocycles. The Balaban J connectivity index is 1.60. The summed E-state index contributed by atoms with van der Waals surface area (Å²) in [7, 11) is 1.64. The monoisotopic (exact) mass is 407 g/mol. The smallest absolute Gasteiger partial charge is 0.245 e. The number of likely N-dealkylation sites (N-methyl/N-ethyl adjacent to an activating group) is 1. The van der Waals surface area contributed by atoms with Crippen LogP contribution in [-0.4, -0.2) is 53.0 Å². The van der Waals surface area contributed by atoms with Crippen LogP contribution < -0.4 is 9.47 Å². The number of rotatable bonds is 1. The molecule has 2 aromatic carbocycles. The van der Waals surface area contributed by atoms with E-state index < -0.39 is 12.1 Å². The van der Waals surface area contributed by atoms with Gasteiger partial charge in [0.1, 0.15) is 11.9 Å². The summed E-state index contributed by atoms with van der Waals surface area (Å²) >= 11 is 0. The third-order valence-corrected chi connectivity index (χ3v) is 6.22. The molecule has 3 aliphatic heterocycles. The van der Waals surface area contributed by atoms with Crippen molar-refractivity contribution in [2.45, 2.75) is 18.5 Å². The van der Waals surface area contributed by atoms with Crippen molar-refractivity contribution in [1.29, 1.82) is 0 Å². The lowest BCUT2D eigenvalue weighted by molar-refractivity contribution is -0.157. The van der Waals surface area contributed by atoms with Gasteiger partial charge in [-0.15, -0.1) is 0 Å². The molecule has 1 fully saturated rings. The molecular formula is C22H18FN3O4. The standard InChI is InChI=1S/C22H18FN3O4/c1-25-9-19(27)26-16(22(25)28)8-14-13-7-12(23)3-4-15(13)24-20(14)21(26)11-2-5-17-18(6-11)30-10-29-17/h2-7,16,21,24H,8-10H2,1H3/t16-,21+/m1/s1. The Morgan fingerprint density at radius 1 is 1.10 bits per heavy atom. The van der Waals surface area contributed by atoms with E-state index in [-0.39, 0.29) is 31.0 Å². The molecule has 1 N–H and O–H groups in total. The van der Waals surface area contributed by atoms with E-state index >= 15 is 0 Å². The van der Waals surface area contributed by atoms with Crippen molar-refractivity contribution in [3.63, 3.8) is 0 Å². The van der Waals surface area contributed by atoms with Gasteiger partial charge in [0, 0.05) is 30.1 Å². The highest BCUT2D eigenvalue weighted by Gasteiger charge is 2.47. The summed E-state index contributed by atoms with van der Waals surface area (Å²) in [6.45, 7) is 0.176. The van der Waals surface area contributed by atoms with Crippen molar-refractivity contribution in [2.24, 2.45) is 0 Å². The van der Waals surface area contributed by atoms with Crippen LogP contribution in [0.25, 0.3) is 10.9 Å². The molecular weight excluding hydrogens is 389 g/mol. The van der Waals surface area contributed by atoms with Crippen LogP contribution >= 0.6 is 0 Å². The van der Waals surface area contributed by atoms with E-state index in [2.05, 4.69) is 4.98 Å². The van der Waals surface area contributed by atoms with Crippen LogP contribution in [0.15, 0.2) is 36.4 Å². The van der Waals surface area contributed by atoms with Gasteiger partial charge in [-0.3, -0.25) is 9.59 Å². The fourth-order valence-corrected chi connectivity index (χ4v) is 4.86. The summed E-state index contributed by atoms with van der Waals surface area (Å²) in [4.78, 5) is 32.6. The maximum atomic E-state index is 14.0. The minimum absolute atomic E-state index is 0.0283. The first-order chi connectivity index (χ1) is 14.5. The number of hydrogen-bond donors (Lipinski definition) is 1. The fourth-order valence-electron chi connectivity index (χ4n) is 4.86. The molecule has 3 aromatic rings. The van der Waals surface area contributed by atoms with E-state index in [0.29, 0.717) is 17.9 Å². The molecule has 2 atom stereocenters. The van der Waals surface area contributed by atoms with Crippen molar-refractivity contribution in [1.82, 2.24) is 14.8 Å². The predicted octanol–water partition coefficient (Wildman–Crippen LogP) is 2.35. The van der Waals surface area contributed by atoms with Crippen LogP contribution in [0.1, 0.15) is 22.9 Å². The van der Waals surface area contributed by atoms with Gasteiger partial charge in [-0.2, -0.15) is 0 Å². The zero-order valence-electron chi connectivity index (χ0n) is 16.1. The van der Waals surface area contributed by atoms with Crippen molar-refractivity contribution >= 4 is 22.7 Å². The number of aromatic amines is 1. The Labute approximate surface area is 171 Å². The molecule has 1 aromatic heterocycles. The molecule has 8 heteroatoms. The van der Waals surface area contributed by atoms with Gasteiger partial charge in [-0.25, -0.2) is 4.39 Å². The molecule has 2 amide bonds. The first kappa shape index (κ1) is 17.3. The molecule has 0 aliphatic carbocycles. The minimum Gasteiger partial charge on any atom is -0.454 e. The first-order valence-corrected chi connectivity index (χ1v) is 9.77. The Morgan fingerprint density at radius 2 is 1.93 bits per heavy atom. The van der Waals surface area contributed by atoms with E-state index in [1.807, 2.05) is 18.2 Å². The molecule has 30 heavy (non-hydrogen) atoms. The van der Waals surface area contributed by atoms with Crippen LogP contribution in [0.2, 0.25) is 0 Å². The van der Waals surface area contributed by atoms with E-state index in [1.54, 1.807) is 18.0 Å². The van der Waals surface area contributed by atoms with Crippen LogP contribution in [0, 0.1) is 5.82 Å². The Hall–Kier alpha value is -3.55. The number of carbonyl (C=O) groups excluding carboxylic acids is 2. The van der Waals surface area contributed by atoms with E-state index in [4.69, 9.17) is 9.47 Å². The molecule has 7 nitrogen and oxygen atoms in total. The molecule has 3 aliphatic rings. The Morgan fingerprint density at radius 3 is 2.80 bits per heavy atom. The van der Waals surface area contributed by atoms with Gasteiger partial charge >= 0.3 is 0 Å². The van der Waals surface area contributed by atoms with Crippen molar-refractivity contribution < 1.29 is 23.5 Å². The number of amides is 2. The topological polar surface area (TPSA) is 74.9 Å². The third kappa shape index (κ3) is 2.30. The van der Waals surface area contributed by atoms with Gasteiger partial charge in [0.05, 0.1) is 12.6 Å². The van der Waals surface area contributed by atoms with Gasteiger partial charge in [0.15, 0.2) is 11.5 Å². The highest BCUT2D eigenvalue weighted by Crippen LogP contribution is 2.44. The molecule has 0 spiro atoms. The lowest BCUT2D eigenvalue weighted by Gasteiger charge is -2.46. The number of carbonyl (C=O) groups is 2. The number of ether oxygens (including phenoxy) is 2. The number of piperazine rings is 1. The normalized spacial score (nSPS) is 22.5. The summed E-state index contributed by atoms with van der Waals surface area (Å²) in [5.41, 5.74) is 3.25. The molecule has 1 saturated heterocycles. The average Bonchev–Trinajstić information content (AvgIpc) is 3.34. The van der Waals surface area contributed by atoms with Crippen LogP contribution in [0.4, 0.5) is 4.39 Å². The zero-order chi connectivity index (χ0) is 20.6. The minimum atomic E-state index is -0.638. The summed E-state index contributed by atoms with van der Waals surface area (Å²) in [6, 6.07) is 8.97. The highest BCUT2D eigenvalue weighted by atomic mass is 19.1. The van der Waals surface area contributed by atoms with E-state index in [9.17, 15) is 14.0 Å². The molecule has 0 radical (unpaired) electrons. The molecule has 0 bridgehead atoms. The zero-order valence-corrected chi connectivity index (χ0v) is 16.1. The van der Waals surface area contributed by atoms with Gasteiger partial charge < -0.3 is 24.3 Å². The van der Waals surface area contributed by atoms with E-state index in [0.717, 1.165) is 27.7 Å². The second-order valence-electron chi connectivity index (χ2n) is 7.94. The van der Waals surface area contributed by atoms with E-state index in [1.165, 1.54) is 17.0 Å². The summed E-state index contributed by atoms with van der Waals surface area (Å²) in [6.07, 6.45) is 0.342. The van der Waals surface area contributed by atoms with Crippen molar-refractivity contribution in [3.8, 4) is 11.5 Å². The molecule has 152 valence electrons. The Kier molecular flexibility index (Phi) is 3.45. The van der Waals surface area contributed by atoms with Gasteiger partial charge in [0.2, 0.25) is 18.6 Å². The maximum Gasteiger partial charge on any atom is 0.245 e. The van der Waals surface area contributed by atoms with Gasteiger partial charge in [-0.05, 0) is 41.5 Å². The van der Waals surface area contributed by atoms with Crippen LogP contribution in [0.3, 0.4) is 0 Å². The molecule has 0 unspecified atom stereocenters. The SMILES string of the molecule is CN1CC(=O)N2[C@@H](c3ccc4c(c3)OCO4)c3[nH]c4ccc(F)cc4c3C[C@@H]2C1=O. The number of benzene rings is 2. The second-order valence-corrected chi connectivity index (χ2v) is 7.94. The Bertz CT molecular complexity index is 1240. The number of halogens is 1. The van der Waals surface area contributed by atoms with Gasteiger partial charge in [-0.1, -0.05) is 6.07 Å². The lowest BCUT2D eigenvalue weighted by atomic mass is 9.86. The molecule has 0 saturated carbocycles. The summed E-state index contributed by atoms with van der Waals surface area (Å²) < 4.78 is 25.0. The number of hydrogen-bond acceptors (Lipinski definition) is 4. The predicted molar refractivity (Wildman–Crippen MR) is 105 cm³/mol. The van der Waals surface area contributed by atoms with Crippen molar-refractivity contribution in [2.75, 3.05) is 20.4 Å². The number of aromatic nitrogens is 1. The van der Waals surface area contributed by atoms with Crippen LogP contribution in [-0.2, 0) is 16.0 Å². The van der Waals surface area contributed by atoms with Crippen LogP contribution in [0.5, 0.6) is 11.5 Å². The number of fused-ring (bicyclic) bond motifs is 5.